The van der Waals surface area contributed by atoms with Gasteiger partial charge >= 0.3 is 0 Å². The third-order valence-corrected chi connectivity index (χ3v) is 4.68. The van der Waals surface area contributed by atoms with Crippen LogP contribution < -0.4 is 0 Å². The number of aromatic nitrogens is 2. The molecule has 1 aromatic heterocycles. The molecule has 1 fully saturated rings. The number of rotatable bonds is 6. The smallest absolute Gasteiger partial charge is 0.224 e. The Morgan fingerprint density at radius 2 is 2.16 bits per heavy atom. The van der Waals surface area contributed by atoms with Crippen molar-refractivity contribution >= 4 is 5.91 Å². The van der Waals surface area contributed by atoms with E-state index in [9.17, 15) is 9.90 Å². The number of morpholine rings is 1. The van der Waals surface area contributed by atoms with Gasteiger partial charge in [-0.3, -0.25) is 4.79 Å². The summed E-state index contributed by atoms with van der Waals surface area (Å²) in [5, 5.41) is 9.96. The average Bonchev–Trinajstić information content (AvgIpc) is 3.15. The fourth-order valence-corrected chi connectivity index (χ4v) is 3.20. The van der Waals surface area contributed by atoms with Crippen LogP contribution in [0.1, 0.15) is 17.5 Å². The van der Waals surface area contributed by atoms with Crippen LogP contribution in [-0.2, 0) is 22.5 Å². The van der Waals surface area contributed by atoms with E-state index in [2.05, 4.69) is 29.2 Å². The van der Waals surface area contributed by atoms with Crippen molar-refractivity contribution in [1.29, 1.82) is 0 Å². The fraction of sp³-hybridized carbons (Fsp3) is 0.474. The van der Waals surface area contributed by atoms with Crippen LogP contribution in [0.2, 0.25) is 0 Å². The van der Waals surface area contributed by atoms with Gasteiger partial charge in [-0.2, -0.15) is 0 Å². The maximum Gasteiger partial charge on any atom is 0.224 e. The molecule has 1 unspecified atom stereocenters. The molecular formula is C19H25N3O3. The molecule has 3 rings (SSSR count). The molecule has 1 aromatic carbocycles. The largest absolute Gasteiger partial charge is 0.393 e. The minimum atomic E-state index is -0.724. The van der Waals surface area contributed by atoms with Gasteiger partial charge in [0.2, 0.25) is 5.91 Å². The van der Waals surface area contributed by atoms with E-state index < -0.39 is 5.60 Å². The molecule has 1 saturated heterocycles. The van der Waals surface area contributed by atoms with Crippen LogP contribution in [0.25, 0.3) is 0 Å². The van der Waals surface area contributed by atoms with Gasteiger partial charge in [0, 0.05) is 38.3 Å². The third kappa shape index (κ3) is 4.46. The summed E-state index contributed by atoms with van der Waals surface area (Å²) in [4.78, 5) is 18.3. The van der Waals surface area contributed by atoms with Crippen LogP contribution in [0.15, 0.2) is 43.0 Å². The van der Waals surface area contributed by atoms with E-state index in [1.165, 1.54) is 5.56 Å². The zero-order valence-electron chi connectivity index (χ0n) is 14.6. The number of ether oxygens (including phenoxy) is 1. The second-order valence-electron chi connectivity index (χ2n) is 6.72. The van der Waals surface area contributed by atoms with E-state index in [1.54, 1.807) is 12.5 Å². The molecule has 1 aliphatic heterocycles. The number of hydrogen-bond donors (Lipinski definition) is 1. The van der Waals surface area contributed by atoms with Crippen molar-refractivity contribution < 1.29 is 14.6 Å². The molecule has 0 spiro atoms. The molecule has 1 N–H and O–H groups in total. The highest BCUT2D eigenvalue weighted by Crippen LogP contribution is 2.24. The lowest BCUT2D eigenvalue weighted by Gasteiger charge is -2.42. The topological polar surface area (TPSA) is 67.6 Å². The first-order valence-corrected chi connectivity index (χ1v) is 8.64. The van der Waals surface area contributed by atoms with Crippen molar-refractivity contribution in [3.63, 3.8) is 0 Å². The number of carbonyl (C=O) groups is 1. The van der Waals surface area contributed by atoms with E-state index >= 15 is 0 Å². The summed E-state index contributed by atoms with van der Waals surface area (Å²) in [6.45, 7) is 3.98. The minimum Gasteiger partial charge on any atom is -0.393 e. The van der Waals surface area contributed by atoms with E-state index in [4.69, 9.17) is 4.74 Å². The van der Waals surface area contributed by atoms with Crippen molar-refractivity contribution in [3.05, 3.63) is 54.1 Å². The van der Waals surface area contributed by atoms with Crippen molar-refractivity contribution in [1.82, 2.24) is 14.5 Å². The fourth-order valence-electron chi connectivity index (χ4n) is 3.20. The summed E-state index contributed by atoms with van der Waals surface area (Å²) >= 11 is 0. The van der Waals surface area contributed by atoms with Crippen LogP contribution in [-0.4, -0.2) is 57.4 Å². The molecule has 6 nitrogen and oxygen atoms in total. The SMILES string of the molecule is Cc1ccc(CC2(CO)CN(C(=O)CCn3ccnc3)CCO2)cc1. The van der Waals surface area contributed by atoms with Gasteiger partial charge in [0.15, 0.2) is 0 Å². The Bertz CT molecular complexity index is 684. The molecule has 1 atom stereocenters. The second-order valence-corrected chi connectivity index (χ2v) is 6.72. The average molecular weight is 343 g/mol. The highest BCUT2D eigenvalue weighted by atomic mass is 16.5. The number of imidazole rings is 1. The van der Waals surface area contributed by atoms with Crippen LogP contribution in [0, 0.1) is 6.92 Å². The Balaban J connectivity index is 1.62. The predicted octanol–water partition coefficient (Wildman–Crippen LogP) is 1.41. The molecular weight excluding hydrogens is 318 g/mol. The number of nitrogens with zero attached hydrogens (tertiary/aromatic N) is 3. The molecule has 0 aliphatic carbocycles. The lowest BCUT2D eigenvalue weighted by atomic mass is 9.92. The lowest BCUT2D eigenvalue weighted by Crippen LogP contribution is -2.56. The number of benzene rings is 1. The molecule has 0 saturated carbocycles. The van der Waals surface area contributed by atoms with Gasteiger partial charge in [-0.15, -0.1) is 0 Å². The van der Waals surface area contributed by atoms with Gasteiger partial charge in [-0.05, 0) is 12.5 Å². The van der Waals surface area contributed by atoms with E-state index in [-0.39, 0.29) is 12.5 Å². The van der Waals surface area contributed by atoms with E-state index in [0.717, 1.165) is 5.56 Å². The Labute approximate surface area is 148 Å². The van der Waals surface area contributed by atoms with Crippen molar-refractivity contribution in [3.8, 4) is 0 Å². The standard InChI is InChI=1S/C19H25N3O3/c1-16-2-4-17(5-3-16)12-19(14-23)13-22(10-11-25-19)18(24)6-8-21-9-7-20-15-21/h2-5,7,9,15,23H,6,8,10-14H2,1H3. The highest BCUT2D eigenvalue weighted by molar-refractivity contribution is 5.76. The Morgan fingerprint density at radius 1 is 1.36 bits per heavy atom. The number of aliphatic hydroxyl groups excluding tert-OH is 1. The molecule has 0 radical (unpaired) electrons. The van der Waals surface area contributed by atoms with E-state index in [0.29, 0.717) is 39.1 Å². The monoisotopic (exact) mass is 343 g/mol. The first kappa shape index (κ1) is 17.6. The normalized spacial score (nSPS) is 20.6. The van der Waals surface area contributed by atoms with Crippen molar-refractivity contribution in [2.75, 3.05) is 26.3 Å². The zero-order chi connectivity index (χ0) is 17.7. The van der Waals surface area contributed by atoms with Gasteiger partial charge < -0.3 is 19.3 Å². The van der Waals surface area contributed by atoms with Crippen molar-refractivity contribution in [2.24, 2.45) is 0 Å². The molecule has 2 aromatic rings. The Hall–Kier alpha value is -2.18. The number of hydrogen-bond acceptors (Lipinski definition) is 4. The predicted molar refractivity (Wildman–Crippen MR) is 94.1 cm³/mol. The summed E-state index contributed by atoms with van der Waals surface area (Å²) in [5.74, 6) is 0.0822. The van der Waals surface area contributed by atoms with Gasteiger partial charge in [0.05, 0.1) is 26.1 Å². The van der Waals surface area contributed by atoms with Gasteiger partial charge in [0.1, 0.15) is 5.60 Å². The molecule has 2 heterocycles. The molecule has 0 bridgehead atoms. The van der Waals surface area contributed by atoms with Crippen molar-refractivity contribution in [2.45, 2.75) is 31.9 Å². The molecule has 134 valence electrons. The number of carbonyl (C=O) groups excluding carboxylic acids is 1. The second kappa shape index (κ2) is 7.80. The molecule has 6 heteroatoms. The quantitative estimate of drug-likeness (QED) is 0.861. The lowest BCUT2D eigenvalue weighted by molar-refractivity contribution is -0.158. The molecule has 1 amide bonds. The first-order valence-electron chi connectivity index (χ1n) is 8.64. The summed E-state index contributed by atoms with van der Waals surface area (Å²) in [5.41, 5.74) is 1.58. The maximum atomic E-state index is 12.5. The minimum absolute atomic E-state index is 0.0822. The summed E-state index contributed by atoms with van der Waals surface area (Å²) in [6, 6.07) is 8.21. The molecule has 1 aliphatic rings. The van der Waals surface area contributed by atoms with Crippen LogP contribution >= 0.6 is 0 Å². The Morgan fingerprint density at radius 3 is 2.84 bits per heavy atom. The number of amides is 1. The zero-order valence-corrected chi connectivity index (χ0v) is 14.6. The summed E-state index contributed by atoms with van der Waals surface area (Å²) in [6.07, 6.45) is 6.28. The maximum absolute atomic E-state index is 12.5. The van der Waals surface area contributed by atoms with Gasteiger partial charge in [0.25, 0.3) is 0 Å². The molecule has 25 heavy (non-hydrogen) atoms. The van der Waals surface area contributed by atoms with Gasteiger partial charge in [-0.1, -0.05) is 29.8 Å². The summed E-state index contributed by atoms with van der Waals surface area (Å²) < 4.78 is 7.81. The first-order chi connectivity index (χ1) is 12.1. The van der Waals surface area contributed by atoms with Crippen LogP contribution in [0.5, 0.6) is 0 Å². The van der Waals surface area contributed by atoms with Crippen LogP contribution in [0.3, 0.4) is 0 Å². The summed E-state index contributed by atoms with van der Waals surface area (Å²) in [7, 11) is 0. The van der Waals surface area contributed by atoms with E-state index in [1.807, 2.05) is 22.6 Å². The number of aryl methyl sites for hydroxylation is 2. The third-order valence-electron chi connectivity index (χ3n) is 4.68. The van der Waals surface area contributed by atoms with Crippen LogP contribution in [0.4, 0.5) is 0 Å². The highest BCUT2D eigenvalue weighted by Gasteiger charge is 2.38. The number of aliphatic hydroxyl groups is 1. The van der Waals surface area contributed by atoms with Gasteiger partial charge in [-0.25, -0.2) is 4.98 Å². The Kier molecular flexibility index (Phi) is 5.50.